The average molecular weight is 278 g/mol. The minimum atomic E-state index is -0.0107. The molecule has 2 rings (SSSR count). The molecule has 1 unspecified atom stereocenters. The van der Waals surface area contributed by atoms with E-state index in [2.05, 4.69) is 0 Å². The maximum absolute atomic E-state index is 12.2. The molecule has 1 heterocycles. The van der Waals surface area contributed by atoms with Crippen LogP contribution in [0.1, 0.15) is 24.0 Å². The van der Waals surface area contributed by atoms with Crippen LogP contribution < -0.4 is 5.73 Å². The lowest BCUT2D eigenvalue weighted by Gasteiger charge is -2.23. The third-order valence-corrected chi connectivity index (χ3v) is 3.74. The van der Waals surface area contributed by atoms with Gasteiger partial charge in [0.15, 0.2) is 0 Å². The first-order chi connectivity index (χ1) is 9.11. The van der Waals surface area contributed by atoms with Gasteiger partial charge in [-0.25, -0.2) is 0 Å². The predicted molar refractivity (Wildman–Crippen MR) is 77.9 cm³/mol. The second kappa shape index (κ2) is 6.12. The van der Waals surface area contributed by atoms with Gasteiger partial charge in [0.1, 0.15) is 4.99 Å². The number of aliphatic hydroxyl groups is 1. The maximum Gasteiger partial charge on any atom is 0.227 e. The van der Waals surface area contributed by atoms with Gasteiger partial charge in [-0.15, -0.1) is 0 Å². The van der Waals surface area contributed by atoms with Crippen molar-refractivity contribution in [3.05, 3.63) is 35.4 Å². The molecule has 0 aliphatic carbocycles. The normalized spacial score (nSPS) is 18.6. The summed E-state index contributed by atoms with van der Waals surface area (Å²) in [7, 11) is 0. The molecule has 3 N–H and O–H groups in total. The summed E-state index contributed by atoms with van der Waals surface area (Å²) < 4.78 is 0. The van der Waals surface area contributed by atoms with Crippen LogP contribution in [0, 0.1) is 0 Å². The lowest BCUT2D eigenvalue weighted by Crippen LogP contribution is -2.38. The van der Waals surface area contributed by atoms with Gasteiger partial charge in [0.2, 0.25) is 5.91 Å². The second-order valence-electron chi connectivity index (χ2n) is 4.80. The van der Waals surface area contributed by atoms with Crippen molar-refractivity contribution in [3.63, 3.8) is 0 Å². The lowest BCUT2D eigenvalue weighted by molar-refractivity contribution is -0.131. The third-order valence-electron chi connectivity index (χ3n) is 3.50. The van der Waals surface area contributed by atoms with Crippen molar-refractivity contribution in [2.45, 2.75) is 25.3 Å². The Labute approximate surface area is 118 Å². The summed E-state index contributed by atoms with van der Waals surface area (Å²) in [5.41, 5.74) is 7.27. The Hall–Kier alpha value is -1.46. The number of nitrogens with zero attached hydrogens (tertiary/aromatic N) is 1. The lowest BCUT2D eigenvalue weighted by atomic mass is 10.1. The first-order valence-corrected chi connectivity index (χ1v) is 6.81. The average Bonchev–Trinajstić information content (AvgIpc) is 2.87. The number of amides is 1. The van der Waals surface area contributed by atoms with Crippen molar-refractivity contribution in [3.8, 4) is 0 Å². The van der Waals surface area contributed by atoms with Gasteiger partial charge in [-0.2, -0.15) is 0 Å². The molecule has 1 amide bonds. The first kappa shape index (κ1) is 14.0. The Kier molecular flexibility index (Phi) is 4.50. The zero-order chi connectivity index (χ0) is 13.8. The smallest absolute Gasteiger partial charge is 0.227 e. The van der Waals surface area contributed by atoms with Gasteiger partial charge < -0.3 is 15.7 Å². The van der Waals surface area contributed by atoms with Crippen LogP contribution in [0.3, 0.4) is 0 Å². The Bertz CT molecular complexity index is 473. The van der Waals surface area contributed by atoms with Gasteiger partial charge in [-0.3, -0.25) is 4.79 Å². The van der Waals surface area contributed by atoms with E-state index in [0.29, 0.717) is 11.4 Å². The fourth-order valence-electron chi connectivity index (χ4n) is 2.42. The number of hydrogen-bond acceptors (Lipinski definition) is 3. The predicted octanol–water partition coefficient (Wildman–Crippen LogP) is 0.847. The second-order valence-corrected chi connectivity index (χ2v) is 5.24. The largest absolute Gasteiger partial charge is 0.394 e. The van der Waals surface area contributed by atoms with Crippen molar-refractivity contribution < 1.29 is 9.90 Å². The van der Waals surface area contributed by atoms with Crippen LogP contribution in [0.4, 0.5) is 0 Å². The van der Waals surface area contributed by atoms with E-state index in [1.165, 1.54) is 0 Å². The number of carbonyl (C=O) groups is 1. The molecule has 1 aromatic rings. The fraction of sp³-hybridized carbons (Fsp3) is 0.429. The molecule has 19 heavy (non-hydrogen) atoms. The van der Waals surface area contributed by atoms with Crippen LogP contribution in [0.2, 0.25) is 0 Å². The van der Waals surface area contributed by atoms with Gasteiger partial charge in [0.05, 0.1) is 19.1 Å². The molecular formula is C14H18N2O2S. The van der Waals surface area contributed by atoms with Crippen LogP contribution in [-0.4, -0.2) is 40.1 Å². The molecule has 0 saturated carbocycles. The molecule has 1 aromatic carbocycles. The van der Waals surface area contributed by atoms with Crippen molar-refractivity contribution in [2.24, 2.45) is 5.73 Å². The van der Waals surface area contributed by atoms with Crippen molar-refractivity contribution in [2.75, 3.05) is 13.2 Å². The number of carbonyl (C=O) groups excluding carboxylic acids is 1. The highest BCUT2D eigenvalue weighted by Gasteiger charge is 2.27. The van der Waals surface area contributed by atoms with E-state index in [1.807, 2.05) is 24.3 Å². The van der Waals surface area contributed by atoms with Crippen molar-refractivity contribution >= 4 is 23.1 Å². The summed E-state index contributed by atoms with van der Waals surface area (Å²) in [5.74, 6) is 0.0691. The third kappa shape index (κ3) is 3.30. The van der Waals surface area contributed by atoms with E-state index in [4.69, 9.17) is 18.0 Å². The Morgan fingerprint density at radius 2 is 2.11 bits per heavy atom. The zero-order valence-corrected chi connectivity index (χ0v) is 11.5. The van der Waals surface area contributed by atoms with Gasteiger partial charge in [-0.1, -0.05) is 36.5 Å². The fourth-order valence-corrected chi connectivity index (χ4v) is 2.55. The van der Waals surface area contributed by atoms with E-state index >= 15 is 0 Å². The van der Waals surface area contributed by atoms with Gasteiger partial charge in [0.25, 0.3) is 0 Å². The highest BCUT2D eigenvalue weighted by molar-refractivity contribution is 7.80. The Morgan fingerprint density at radius 1 is 1.42 bits per heavy atom. The van der Waals surface area contributed by atoms with Crippen LogP contribution in [0.25, 0.3) is 0 Å². The molecule has 5 heteroatoms. The monoisotopic (exact) mass is 278 g/mol. The summed E-state index contributed by atoms with van der Waals surface area (Å²) in [4.78, 5) is 14.3. The van der Waals surface area contributed by atoms with Gasteiger partial charge in [-0.05, 0) is 18.4 Å². The Balaban J connectivity index is 2.00. The highest BCUT2D eigenvalue weighted by Crippen LogP contribution is 2.18. The van der Waals surface area contributed by atoms with E-state index in [0.717, 1.165) is 30.5 Å². The molecule has 0 aromatic heterocycles. The molecular weight excluding hydrogens is 260 g/mol. The SMILES string of the molecule is NC(=S)c1ccc(CC(=O)N2CCCC2CO)cc1. The van der Waals surface area contributed by atoms with Crippen LogP contribution in [-0.2, 0) is 11.2 Å². The molecule has 0 spiro atoms. The highest BCUT2D eigenvalue weighted by atomic mass is 32.1. The number of hydrogen-bond donors (Lipinski definition) is 2. The molecule has 0 radical (unpaired) electrons. The van der Waals surface area contributed by atoms with E-state index in [9.17, 15) is 9.90 Å². The maximum atomic E-state index is 12.2. The summed E-state index contributed by atoms with van der Waals surface area (Å²) in [5, 5.41) is 9.23. The molecule has 102 valence electrons. The first-order valence-electron chi connectivity index (χ1n) is 6.41. The topological polar surface area (TPSA) is 66.6 Å². The number of likely N-dealkylation sites (tertiary alicyclic amines) is 1. The van der Waals surface area contributed by atoms with Gasteiger partial charge in [0, 0.05) is 12.1 Å². The quantitative estimate of drug-likeness (QED) is 0.801. The standard InChI is InChI=1S/C14H18N2O2S/c15-14(19)11-5-3-10(4-6-11)8-13(18)16-7-1-2-12(16)9-17/h3-6,12,17H,1-2,7-9H2,(H2,15,19). The van der Waals surface area contributed by atoms with Crippen LogP contribution in [0.5, 0.6) is 0 Å². The minimum Gasteiger partial charge on any atom is -0.394 e. The molecule has 1 atom stereocenters. The van der Waals surface area contributed by atoms with Crippen molar-refractivity contribution in [1.29, 1.82) is 0 Å². The molecule has 0 bridgehead atoms. The summed E-state index contributed by atoms with van der Waals surface area (Å²) in [6, 6.07) is 7.40. The summed E-state index contributed by atoms with van der Waals surface area (Å²) in [6.45, 7) is 0.793. The Morgan fingerprint density at radius 3 is 2.68 bits per heavy atom. The number of thiocarbonyl (C=S) groups is 1. The van der Waals surface area contributed by atoms with E-state index in [1.54, 1.807) is 4.90 Å². The molecule has 4 nitrogen and oxygen atoms in total. The number of benzene rings is 1. The van der Waals surface area contributed by atoms with E-state index in [-0.39, 0.29) is 18.6 Å². The van der Waals surface area contributed by atoms with E-state index < -0.39 is 0 Å². The zero-order valence-electron chi connectivity index (χ0n) is 10.7. The molecule has 1 fully saturated rings. The van der Waals surface area contributed by atoms with Crippen molar-refractivity contribution in [1.82, 2.24) is 4.90 Å². The number of rotatable bonds is 4. The molecule has 1 aliphatic heterocycles. The van der Waals surface area contributed by atoms with Crippen LogP contribution in [0.15, 0.2) is 24.3 Å². The minimum absolute atomic E-state index is 0.0107. The van der Waals surface area contributed by atoms with Crippen LogP contribution >= 0.6 is 12.2 Å². The molecule has 1 saturated heterocycles. The van der Waals surface area contributed by atoms with Gasteiger partial charge >= 0.3 is 0 Å². The number of nitrogens with two attached hydrogens (primary N) is 1. The summed E-state index contributed by atoms with van der Waals surface area (Å²) >= 11 is 4.89. The molecule has 1 aliphatic rings. The summed E-state index contributed by atoms with van der Waals surface area (Å²) in [6.07, 6.45) is 2.22. The number of aliphatic hydroxyl groups excluding tert-OH is 1.